The average molecular weight is 294 g/mol. The molecule has 1 aliphatic rings. The Labute approximate surface area is 124 Å². The highest BCUT2D eigenvalue weighted by Crippen LogP contribution is 2.43. The minimum atomic E-state index is -0.721. The van der Waals surface area contributed by atoms with Gasteiger partial charge in [-0.3, -0.25) is 14.5 Å². The largest absolute Gasteiger partial charge is 0.281 e. The molecule has 1 aliphatic heterocycles. The fourth-order valence-electron chi connectivity index (χ4n) is 3.15. The van der Waals surface area contributed by atoms with E-state index < -0.39 is 5.41 Å². The van der Waals surface area contributed by atoms with Gasteiger partial charge >= 0.3 is 0 Å². The maximum Gasteiger partial charge on any atom is 0.260 e. The molecule has 0 saturated carbocycles. The molecule has 0 N–H and O–H groups in total. The first-order chi connectivity index (χ1) is 9.06. The lowest BCUT2D eigenvalue weighted by molar-refractivity contribution is -0.135. The van der Waals surface area contributed by atoms with Gasteiger partial charge in [-0.15, -0.1) is 0 Å². The Hall–Kier alpha value is -1.35. The lowest BCUT2D eigenvalue weighted by Crippen LogP contribution is -2.52. The fourth-order valence-corrected chi connectivity index (χ4v) is 3.32. The van der Waals surface area contributed by atoms with Gasteiger partial charge in [0, 0.05) is 17.6 Å². The molecule has 0 aliphatic carbocycles. The lowest BCUT2D eigenvalue weighted by atomic mass is 9.67. The molecule has 20 heavy (non-hydrogen) atoms. The van der Waals surface area contributed by atoms with Crippen LogP contribution in [0.25, 0.3) is 0 Å². The van der Waals surface area contributed by atoms with Gasteiger partial charge in [0.25, 0.3) is 5.91 Å². The highest BCUT2D eigenvalue weighted by Gasteiger charge is 2.47. The van der Waals surface area contributed by atoms with Crippen LogP contribution in [0, 0.1) is 5.41 Å². The summed E-state index contributed by atoms with van der Waals surface area (Å²) in [5, 5.41) is 0.550. The van der Waals surface area contributed by atoms with Gasteiger partial charge in [-0.2, -0.15) is 0 Å². The summed E-state index contributed by atoms with van der Waals surface area (Å²) in [5.41, 5.74) is 0.558. The summed E-state index contributed by atoms with van der Waals surface area (Å²) >= 11 is 6.07. The van der Waals surface area contributed by atoms with Crippen LogP contribution < -0.4 is 0 Å². The van der Waals surface area contributed by atoms with Crippen molar-refractivity contribution in [2.24, 2.45) is 5.41 Å². The molecule has 2 rings (SSSR count). The van der Waals surface area contributed by atoms with E-state index in [9.17, 15) is 9.59 Å². The Balaban J connectivity index is 2.68. The third-order valence-electron chi connectivity index (χ3n) is 3.77. The lowest BCUT2D eigenvalue weighted by Gasteiger charge is -2.41. The van der Waals surface area contributed by atoms with E-state index in [1.54, 1.807) is 25.2 Å². The van der Waals surface area contributed by atoms with E-state index in [0.717, 1.165) is 5.56 Å². The van der Waals surface area contributed by atoms with E-state index in [2.05, 4.69) is 20.8 Å². The summed E-state index contributed by atoms with van der Waals surface area (Å²) in [4.78, 5) is 26.1. The van der Waals surface area contributed by atoms with Crippen LogP contribution in [0.2, 0.25) is 5.02 Å². The Morgan fingerprint density at radius 1 is 1.25 bits per heavy atom. The summed E-state index contributed by atoms with van der Waals surface area (Å²) in [6.07, 6.45) is 0.657. The maximum absolute atomic E-state index is 12.7. The number of halogens is 1. The van der Waals surface area contributed by atoms with Crippen molar-refractivity contribution in [3.63, 3.8) is 0 Å². The van der Waals surface area contributed by atoms with Crippen LogP contribution in [0.15, 0.2) is 18.2 Å². The molecule has 1 aromatic rings. The molecule has 1 aromatic carbocycles. The zero-order valence-corrected chi connectivity index (χ0v) is 13.3. The van der Waals surface area contributed by atoms with Gasteiger partial charge in [-0.1, -0.05) is 32.4 Å². The molecule has 1 unspecified atom stereocenters. The Morgan fingerprint density at radius 3 is 2.40 bits per heavy atom. The SMILES string of the molecule is CN1C(=O)c2ccc(Cl)cc2C(C)(CC(C)(C)C)C1=O. The van der Waals surface area contributed by atoms with Gasteiger partial charge in [0.05, 0.1) is 5.41 Å². The third-order valence-corrected chi connectivity index (χ3v) is 4.01. The van der Waals surface area contributed by atoms with E-state index in [0.29, 0.717) is 17.0 Å². The second-order valence-corrected chi connectivity index (χ2v) is 7.37. The Kier molecular flexibility index (Phi) is 3.45. The minimum absolute atomic E-state index is 0.0365. The quantitative estimate of drug-likeness (QED) is 0.741. The van der Waals surface area contributed by atoms with E-state index in [-0.39, 0.29) is 17.2 Å². The number of hydrogen-bond donors (Lipinski definition) is 0. The molecule has 108 valence electrons. The smallest absolute Gasteiger partial charge is 0.260 e. The van der Waals surface area contributed by atoms with Crippen molar-refractivity contribution in [3.05, 3.63) is 34.3 Å². The van der Waals surface area contributed by atoms with Crippen LogP contribution in [-0.2, 0) is 10.2 Å². The summed E-state index contributed by atoms with van der Waals surface area (Å²) in [6, 6.07) is 5.16. The Morgan fingerprint density at radius 2 is 1.85 bits per heavy atom. The number of amides is 2. The maximum atomic E-state index is 12.7. The third kappa shape index (κ3) is 2.35. The van der Waals surface area contributed by atoms with E-state index in [4.69, 9.17) is 11.6 Å². The molecule has 3 nitrogen and oxygen atoms in total. The summed E-state index contributed by atoms with van der Waals surface area (Å²) in [7, 11) is 1.54. The molecule has 2 amide bonds. The van der Waals surface area contributed by atoms with E-state index in [1.165, 1.54) is 4.90 Å². The van der Waals surface area contributed by atoms with Crippen LogP contribution >= 0.6 is 11.6 Å². The average Bonchev–Trinajstić information content (AvgIpc) is 2.32. The van der Waals surface area contributed by atoms with Crippen LogP contribution in [0.5, 0.6) is 0 Å². The number of rotatable bonds is 1. The first-order valence-electron chi connectivity index (χ1n) is 6.69. The molecule has 1 heterocycles. The predicted octanol–water partition coefficient (Wildman–Crippen LogP) is 3.65. The number of benzene rings is 1. The monoisotopic (exact) mass is 293 g/mol. The molecule has 0 saturated heterocycles. The van der Waals surface area contributed by atoms with Crippen LogP contribution in [0.3, 0.4) is 0 Å². The summed E-state index contributed by atoms with van der Waals surface area (Å²) in [6.45, 7) is 8.17. The highest BCUT2D eigenvalue weighted by molar-refractivity contribution is 6.31. The van der Waals surface area contributed by atoms with Crippen molar-refractivity contribution in [1.82, 2.24) is 4.90 Å². The van der Waals surface area contributed by atoms with Crippen molar-refractivity contribution >= 4 is 23.4 Å². The number of hydrogen-bond acceptors (Lipinski definition) is 2. The molecule has 0 aromatic heterocycles. The molecular formula is C16H20ClNO2. The van der Waals surface area contributed by atoms with Crippen LogP contribution in [0.4, 0.5) is 0 Å². The standard InChI is InChI=1S/C16H20ClNO2/c1-15(2,3)9-16(4)12-8-10(17)6-7-11(12)13(19)18(5)14(16)20/h6-8H,9H2,1-5H3. The van der Waals surface area contributed by atoms with Crippen LogP contribution in [-0.4, -0.2) is 23.8 Å². The van der Waals surface area contributed by atoms with Gasteiger partial charge in [0.1, 0.15) is 0 Å². The minimum Gasteiger partial charge on any atom is -0.281 e. The van der Waals surface area contributed by atoms with Crippen LogP contribution in [0.1, 0.15) is 50.0 Å². The zero-order chi connectivity index (χ0) is 15.3. The fraction of sp³-hybridized carbons (Fsp3) is 0.500. The number of fused-ring (bicyclic) bond motifs is 1. The molecule has 0 spiro atoms. The number of imide groups is 1. The predicted molar refractivity (Wildman–Crippen MR) is 80.0 cm³/mol. The van der Waals surface area contributed by atoms with Crippen molar-refractivity contribution in [2.75, 3.05) is 7.05 Å². The molecule has 0 fully saturated rings. The molecular weight excluding hydrogens is 274 g/mol. The second-order valence-electron chi connectivity index (χ2n) is 6.93. The summed E-state index contributed by atoms with van der Waals surface area (Å²) < 4.78 is 0. The molecule has 1 atom stereocenters. The van der Waals surface area contributed by atoms with Gasteiger partial charge in [0.2, 0.25) is 5.91 Å². The van der Waals surface area contributed by atoms with Crippen molar-refractivity contribution in [1.29, 1.82) is 0 Å². The Bertz CT molecular complexity index is 589. The molecule has 0 bridgehead atoms. The van der Waals surface area contributed by atoms with E-state index >= 15 is 0 Å². The second kappa shape index (κ2) is 4.59. The van der Waals surface area contributed by atoms with Gasteiger partial charge in [-0.25, -0.2) is 0 Å². The van der Waals surface area contributed by atoms with Gasteiger partial charge < -0.3 is 0 Å². The van der Waals surface area contributed by atoms with Gasteiger partial charge in [-0.05, 0) is 42.5 Å². The highest BCUT2D eigenvalue weighted by atomic mass is 35.5. The molecule has 4 heteroatoms. The van der Waals surface area contributed by atoms with E-state index in [1.807, 2.05) is 6.92 Å². The number of carbonyl (C=O) groups excluding carboxylic acids is 2. The number of nitrogens with zero attached hydrogens (tertiary/aromatic N) is 1. The summed E-state index contributed by atoms with van der Waals surface area (Å²) in [5.74, 6) is -0.416. The normalized spacial score (nSPS) is 23.0. The van der Waals surface area contributed by atoms with Crippen molar-refractivity contribution in [2.45, 2.75) is 39.5 Å². The van der Waals surface area contributed by atoms with Gasteiger partial charge in [0.15, 0.2) is 0 Å². The zero-order valence-electron chi connectivity index (χ0n) is 12.6. The number of carbonyl (C=O) groups is 2. The van der Waals surface area contributed by atoms with Crippen molar-refractivity contribution < 1.29 is 9.59 Å². The first kappa shape index (κ1) is 15.0. The van der Waals surface area contributed by atoms with Crippen molar-refractivity contribution in [3.8, 4) is 0 Å². The first-order valence-corrected chi connectivity index (χ1v) is 7.06. The molecule has 0 radical (unpaired) electrons. The topological polar surface area (TPSA) is 37.4 Å². The number of likely N-dealkylation sites (N-methyl/N-ethyl adjacent to an activating group) is 1.